The minimum absolute atomic E-state index is 0.312. The Balaban J connectivity index is 1.60. The van der Waals surface area contributed by atoms with Crippen molar-refractivity contribution in [2.75, 3.05) is 5.75 Å². The quantitative estimate of drug-likeness (QED) is 0.435. The van der Waals surface area contributed by atoms with Crippen molar-refractivity contribution in [3.8, 4) is 0 Å². The molecule has 3 heteroatoms. The zero-order valence-electron chi connectivity index (χ0n) is 13.1. The predicted octanol–water partition coefficient (Wildman–Crippen LogP) is 5.75. The molecular formula is C21H17NOS. The van der Waals surface area contributed by atoms with Gasteiger partial charge in [-0.2, -0.15) is 0 Å². The lowest BCUT2D eigenvalue weighted by molar-refractivity contribution is 0.489. The minimum atomic E-state index is 0.312. The Hall–Kier alpha value is -2.52. The zero-order valence-corrected chi connectivity index (χ0v) is 13.9. The number of aromatic nitrogens is 1. The van der Waals surface area contributed by atoms with Gasteiger partial charge in [0, 0.05) is 11.7 Å². The summed E-state index contributed by atoms with van der Waals surface area (Å²) in [7, 11) is 0. The Morgan fingerprint density at radius 2 is 1.33 bits per heavy atom. The average molecular weight is 331 g/mol. The summed E-state index contributed by atoms with van der Waals surface area (Å²) >= 11 is 1.67. The summed E-state index contributed by atoms with van der Waals surface area (Å²) in [4.78, 5) is 4.57. The molecule has 0 spiro atoms. The summed E-state index contributed by atoms with van der Waals surface area (Å²) in [5.41, 5.74) is 4.38. The Morgan fingerprint density at radius 1 is 0.750 bits per heavy atom. The van der Waals surface area contributed by atoms with Crippen molar-refractivity contribution >= 4 is 22.9 Å². The lowest BCUT2D eigenvalue weighted by Crippen LogP contribution is -2.04. The highest BCUT2D eigenvalue weighted by Crippen LogP contribution is 2.32. The van der Waals surface area contributed by atoms with E-state index in [1.807, 2.05) is 24.3 Å². The standard InChI is InChI=1S/C21H17NOS/c1-3-9-16(10-4-1)18(17-11-5-2-6-12-17)15-24-21-22-19-13-7-8-14-20(19)23-21/h1-14,18H,15H2. The molecule has 2 nitrogen and oxygen atoms in total. The molecule has 0 amide bonds. The molecule has 0 saturated heterocycles. The Bertz CT molecular complexity index is 846. The number of oxazole rings is 1. The van der Waals surface area contributed by atoms with Gasteiger partial charge in [0.2, 0.25) is 0 Å². The van der Waals surface area contributed by atoms with Gasteiger partial charge in [-0.05, 0) is 23.3 Å². The largest absolute Gasteiger partial charge is 0.431 e. The molecule has 0 fully saturated rings. The van der Waals surface area contributed by atoms with Gasteiger partial charge < -0.3 is 4.42 Å². The van der Waals surface area contributed by atoms with Crippen LogP contribution in [0.15, 0.2) is 94.6 Å². The second-order valence-electron chi connectivity index (χ2n) is 5.63. The molecule has 0 aliphatic rings. The number of nitrogens with zero attached hydrogens (tertiary/aromatic N) is 1. The second-order valence-corrected chi connectivity index (χ2v) is 6.60. The van der Waals surface area contributed by atoms with Crippen LogP contribution in [0.1, 0.15) is 17.0 Å². The molecule has 0 unspecified atom stereocenters. The molecule has 3 aromatic carbocycles. The fraction of sp³-hybridized carbons (Fsp3) is 0.0952. The highest BCUT2D eigenvalue weighted by Gasteiger charge is 2.16. The van der Waals surface area contributed by atoms with Crippen LogP contribution in [0.4, 0.5) is 0 Å². The van der Waals surface area contributed by atoms with Gasteiger partial charge in [-0.1, -0.05) is 84.6 Å². The number of benzene rings is 3. The van der Waals surface area contributed by atoms with Crippen molar-refractivity contribution in [1.82, 2.24) is 4.98 Å². The van der Waals surface area contributed by atoms with E-state index in [1.54, 1.807) is 11.8 Å². The molecule has 24 heavy (non-hydrogen) atoms. The molecule has 0 bridgehead atoms. The maximum atomic E-state index is 5.84. The number of thioether (sulfide) groups is 1. The summed E-state index contributed by atoms with van der Waals surface area (Å²) < 4.78 is 5.84. The molecule has 0 aliphatic carbocycles. The second kappa shape index (κ2) is 6.93. The molecule has 0 atom stereocenters. The van der Waals surface area contributed by atoms with E-state index >= 15 is 0 Å². The molecule has 0 saturated carbocycles. The summed E-state index contributed by atoms with van der Waals surface area (Å²) in [5, 5.41) is 0.730. The number of hydrogen-bond acceptors (Lipinski definition) is 3. The van der Waals surface area contributed by atoms with E-state index in [4.69, 9.17) is 4.42 Å². The van der Waals surface area contributed by atoms with E-state index in [9.17, 15) is 0 Å². The normalized spacial score (nSPS) is 11.2. The van der Waals surface area contributed by atoms with Crippen LogP contribution in [-0.2, 0) is 0 Å². The van der Waals surface area contributed by atoms with Crippen LogP contribution in [0.5, 0.6) is 0 Å². The van der Waals surface area contributed by atoms with E-state index < -0.39 is 0 Å². The van der Waals surface area contributed by atoms with Crippen LogP contribution in [0.2, 0.25) is 0 Å². The Morgan fingerprint density at radius 3 is 1.96 bits per heavy atom. The number of fused-ring (bicyclic) bond motifs is 1. The SMILES string of the molecule is c1ccc(C(CSc2nc3ccccc3o2)c2ccccc2)cc1. The number of para-hydroxylation sites is 2. The van der Waals surface area contributed by atoms with Gasteiger partial charge in [-0.3, -0.25) is 0 Å². The number of hydrogen-bond donors (Lipinski definition) is 0. The van der Waals surface area contributed by atoms with E-state index in [2.05, 4.69) is 65.6 Å². The monoisotopic (exact) mass is 331 g/mol. The molecular weight excluding hydrogens is 314 g/mol. The average Bonchev–Trinajstić information content (AvgIpc) is 3.07. The van der Waals surface area contributed by atoms with Crippen LogP contribution in [-0.4, -0.2) is 10.7 Å². The summed E-state index contributed by atoms with van der Waals surface area (Å²) in [6.45, 7) is 0. The van der Waals surface area contributed by atoms with Crippen molar-refractivity contribution in [2.45, 2.75) is 11.1 Å². The van der Waals surface area contributed by atoms with Crippen molar-refractivity contribution < 1.29 is 4.42 Å². The third-order valence-corrected chi connectivity index (χ3v) is 4.97. The molecule has 1 heterocycles. The van der Waals surface area contributed by atoms with Crippen molar-refractivity contribution in [2.24, 2.45) is 0 Å². The van der Waals surface area contributed by atoms with E-state index in [1.165, 1.54) is 11.1 Å². The maximum Gasteiger partial charge on any atom is 0.256 e. The van der Waals surface area contributed by atoms with E-state index in [-0.39, 0.29) is 0 Å². The van der Waals surface area contributed by atoms with Crippen molar-refractivity contribution in [1.29, 1.82) is 0 Å². The lowest BCUT2D eigenvalue weighted by Gasteiger charge is -2.16. The van der Waals surface area contributed by atoms with Gasteiger partial charge in [0.1, 0.15) is 5.52 Å². The molecule has 0 radical (unpaired) electrons. The third-order valence-electron chi connectivity index (χ3n) is 4.05. The van der Waals surface area contributed by atoms with Crippen LogP contribution in [0, 0.1) is 0 Å². The van der Waals surface area contributed by atoms with Crippen LogP contribution < -0.4 is 0 Å². The topological polar surface area (TPSA) is 26.0 Å². The van der Waals surface area contributed by atoms with Gasteiger partial charge in [0.15, 0.2) is 5.58 Å². The van der Waals surface area contributed by atoms with E-state index in [0.29, 0.717) is 5.92 Å². The van der Waals surface area contributed by atoms with Gasteiger partial charge >= 0.3 is 0 Å². The first-order chi connectivity index (χ1) is 11.9. The predicted molar refractivity (Wildman–Crippen MR) is 99.5 cm³/mol. The first-order valence-electron chi connectivity index (χ1n) is 7.98. The third kappa shape index (κ3) is 3.22. The maximum absolute atomic E-state index is 5.84. The molecule has 118 valence electrons. The molecule has 1 aromatic heterocycles. The Labute approximate surface area is 145 Å². The fourth-order valence-corrected chi connectivity index (χ4v) is 3.83. The Kier molecular flexibility index (Phi) is 4.34. The summed E-state index contributed by atoms with van der Waals surface area (Å²) in [5.74, 6) is 1.20. The first-order valence-corrected chi connectivity index (χ1v) is 8.97. The van der Waals surface area contributed by atoms with Gasteiger partial charge in [-0.25, -0.2) is 4.98 Å². The van der Waals surface area contributed by atoms with Gasteiger partial charge in [0.05, 0.1) is 0 Å². The van der Waals surface area contributed by atoms with Crippen molar-refractivity contribution in [3.63, 3.8) is 0 Å². The smallest absolute Gasteiger partial charge is 0.256 e. The van der Waals surface area contributed by atoms with Gasteiger partial charge in [-0.15, -0.1) is 0 Å². The fourth-order valence-electron chi connectivity index (χ4n) is 2.82. The zero-order chi connectivity index (χ0) is 16.2. The van der Waals surface area contributed by atoms with Crippen molar-refractivity contribution in [3.05, 3.63) is 96.1 Å². The molecule has 0 aliphatic heterocycles. The lowest BCUT2D eigenvalue weighted by atomic mass is 9.93. The highest BCUT2D eigenvalue weighted by atomic mass is 32.2. The van der Waals surface area contributed by atoms with Crippen LogP contribution in [0.3, 0.4) is 0 Å². The molecule has 4 aromatic rings. The van der Waals surface area contributed by atoms with E-state index in [0.717, 1.165) is 22.1 Å². The summed E-state index contributed by atoms with van der Waals surface area (Å²) in [6, 6.07) is 29.1. The van der Waals surface area contributed by atoms with Gasteiger partial charge in [0.25, 0.3) is 5.22 Å². The highest BCUT2D eigenvalue weighted by molar-refractivity contribution is 7.99. The first kappa shape index (κ1) is 15.0. The number of rotatable bonds is 5. The minimum Gasteiger partial charge on any atom is -0.431 e. The van der Waals surface area contributed by atoms with Crippen LogP contribution in [0.25, 0.3) is 11.1 Å². The summed E-state index contributed by atoms with van der Waals surface area (Å²) in [6.07, 6.45) is 0. The molecule has 4 rings (SSSR count). The van der Waals surface area contributed by atoms with Crippen LogP contribution >= 0.6 is 11.8 Å². The molecule has 0 N–H and O–H groups in total.